The van der Waals surface area contributed by atoms with Crippen molar-refractivity contribution in [1.82, 2.24) is 35.1 Å². The van der Waals surface area contributed by atoms with Crippen LogP contribution in [-0.4, -0.2) is 42.2 Å². The Kier molecular flexibility index (Phi) is 8.02. The lowest BCUT2D eigenvalue weighted by atomic mass is 9.96. The molecule has 0 atom stereocenters. The Balaban J connectivity index is 0.935. The van der Waals surface area contributed by atoms with E-state index in [9.17, 15) is 0 Å². The Bertz CT molecular complexity index is 3470. The molecule has 11 heteroatoms. The molecule has 11 aromatic rings. The van der Waals surface area contributed by atoms with E-state index in [0.717, 1.165) is 101 Å². The molecule has 0 saturated heterocycles. The van der Waals surface area contributed by atoms with E-state index >= 15 is 0 Å². The van der Waals surface area contributed by atoms with Crippen molar-refractivity contribution in [3.05, 3.63) is 187 Å². The van der Waals surface area contributed by atoms with Crippen LogP contribution in [0.25, 0.3) is 83.5 Å². The van der Waals surface area contributed by atoms with Crippen molar-refractivity contribution >= 4 is 55.5 Å². The maximum Gasteiger partial charge on any atom is 0.169 e. The standard InChI is InChI=1S/C50H33N9O2/c1-4-18-51-42(7-1)34-13-17-46-41(28-34)39-23-32(11-15-44(39)61-46)21-31-10-14-43-38(22-31)40-27-33(12-16-45(40)60-43)35-24-36(49-56-54-29-58(49)47-8-2-5-19-52-47)26-37(25-35)50-57-55-30-59(50)48-9-3-6-20-53-48/h1-20,22-29,55H,21,30H2. The second kappa shape index (κ2) is 14.1. The molecule has 12 rings (SSSR count). The Morgan fingerprint density at radius 2 is 1.10 bits per heavy atom. The van der Waals surface area contributed by atoms with Gasteiger partial charge >= 0.3 is 0 Å². The minimum absolute atomic E-state index is 0.491. The van der Waals surface area contributed by atoms with Crippen LogP contribution in [0.3, 0.4) is 0 Å². The first-order chi connectivity index (χ1) is 30.2. The summed E-state index contributed by atoms with van der Waals surface area (Å²) in [6.45, 7) is 0.491. The van der Waals surface area contributed by atoms with Gasteiger partial charge in [0.25, 0.3) is 0 Å². The summed E-state index contributed by atoms with van der Waals surface area (Å²) in [4.78, 5) is 15.8. The number of aromatic nitrogens is 6. The van der Waals surface area contributed by atoms with Crippen LogP contribution in [0.15, 0.2) is 184 Å². The quantitative estimate of drug-likeness (QED) is 0.160. The van der Waals surface area contributed by atoms with Gasteiger partial charge < -0.3 is 8.83 Å². The maximum atomic E-state index is 6.42. The Labute approximate surface area is 348 Å². The minimum atomic E-state index is 0.491. The van der Waals surface area contributed by atoms with E-state index < -0.39 is 0 Å². The minimum Gasteiger partial charge on any atom is -0.456 e. The first kappa shape index (κ1) is 34.6. The number of fused-ring (bicyclic) bond motifs is 6. The summed E-state index contributed by atoms with van der Waals surface area (Å²) < 4.78 is 14.6. The lowest BCUT2D eigenvalue weighted by molar-refractivity contribution is 0.668. The normalized spacial score (nSPS) is 12.8. The summed E-state index contributed by atoms with van der Waals surface area (Å²) in [6, 6.07) is 49.6. The summed E-state index contributed by atoms with van der Waals surface area (Å²) in [5, 5.41) is 17.9. The first-order valence-electron chi connectivity index (χ1n) is 20.0. The molecule has 0 amide bonds. The number of nitrogens with zero attached hydrogens (tertiary/aromatic N) is 8. The highest BCUT2D eigenvalue weighted by Gasteiger charge is 2.24. The molecule has 0 bridgehead atoms. The Hall–Kier alpha value is -8.44. The van der Waals surface area contributed by atoms with Gasteiger partial charge in [-0.05, 0) is 138 Å². The highest BCUT2D eigenvalue weighted by molar-refractivity contribution is 6.12. The van der Waals surface area contributed by atoms with Gasteiger partial charge in [-0.3, -0.25) is 19.9 Å². The zero-order valence-corrected chi connectivity index (χ0v) is 32.5. The fourth-order valence-corrected chi connectivity index (χ4v) is 8.36. The molecular weight excluding hydrogens is 759 g/mol. The van der Waals surface area contributed by atoms with Crippen molar-refractivity contribution in [2.24, 2.45) is 5.10 Å². The van der Waals surface area contributed by atoms with Crippen LogP contribution in [0.5, 0.6) is 0 Å². The van der Waals surface area contributed by atoms with E-state index in [2.05, 4.69) is 120 Å². The average molecular weight is 792 g/mol. The van der Waals surface area contributed by atoms with Gasteiger partial charge in [0, 0.05) is 56.8 Å². The van der Waals surface area contributed by atoms with Gasteiger partial charge in [0.2, 0.25) is 0 Å². The van der Waals surface area contributed by atoms with Crippen LogP contribution in [0, 0.1) is 0 Å². The Morgan fingerprint density at radius 3 is 1.77 bits per heavy atom. The predicted molar refractivity (Wildman–Crippen MR) is 238 cm³/mol. The third kappa shape index (κ3) is 6.14. The monoisotopic (exact) mass is 791 g/mol. The first-order valence-corrected chi connectivity index (χ1v) is 20.0. The number of hydrazone groups is 1. The molecule has 0 radical (unpaired) electrons. The van der Waals surface area contributed by atoms with Gasteiger partial charge in [-0.2, -0.15) is 5.10 Å². The number of amidine groups is 1. The van der Waals surface area contributed by atoms with E-state index in [0.29, 0.717) is 12.5 Å². The molecule has 5 aromatic carbocycles. The molecule has 6 aromatic heterocycles. The molecule has 11 nitrogen and oxygen atoms in total. The van der Waals surface area contributed by atoms with E-state index in [4.69, 9.17) is 13.9 Å². The SMILES string of the molecule is c1ccc(-c2ccc3oc4ccc(Cc5ccc6oc7ccc(-c8cc(C9=NNCN9c9ccccn9)cc(-c9nncn9-c9ccccn9)c8)cc7c6c5)cc4c3c2)nc1. The molecule has 0 saturated carbocycles. The number of rotatable bonds is 8. The van der Waals surface area contributed by atoms with Gasteiger partial charge in [-0.25, -0.2) is 9.97 Å². The predicted octanol–water partition coefficient (Wildman–Crippen LogP) is 10.6. The molecule has 1 aliphatic rings. The highest BCUT2D eigenvalue weighted by Crippen LogP contribution is 2.37. The molecule has 0 fully saturated rings. The van der Waals surface area contributed by atoms with Crippen LogP contribution in [-0.2, 0) is 6.42 Å². The molecule has 7 heterocycles. The van der Waals surface area contributed by atoms with Crippen LogP contribution in [0.1, 0.15) is 16.7 Å². The van der Waals surface area contributed by atoms with Crippen molar-refractivity contribution in [3.63, 3.8) is 0 Å². The van der Waals surface area contributed by atoms with Gasteiger partial charge in [-0.1, -0.05) is 36.4 Å². The van der Waals surface area contributed by atoms with E-state index in [1.54, 1.807) is 18.7 Å². The third-order valence-electron chi connectivity index (χ3n) is 11.3. The molecule has 61 heavy (non-hydrogen) atoms. The zero-order chi connectivity index (χ0) is 40.3. The van der Waals surface area contributed by atoms with Crippen molar-refractivity contribution in [2.75, 3.05) is 11.6 Å². The van der Waals surface area contributed by atoms with Crippen molar-refractivity contribution in [3.8, 4) is 39.6 Å². The Morgan fingerprint density at radius 1 is 0.508 bits per heavy atom. The molecule has 290 valence electrons. The smallest absolute Gasteiger partial charge is 0.169 e. The number of nitrogens with one attached hydrogen (secondary N) is 1. The van der Waals surface area contributed by atoms with E-state index in [1.165, 1.54) is 11.1 Å². The van der Waals surface area contributed by atoms with E-state index in [1.807, 2.05) is 71.4 Å². The fourth-order valence-electron chi connectivity index (χ4n) is 8.36. The lowest BCUT2D eigenvalue weighted by Gasteiger charge is -2.19. The van der Waals surface area contributed by atoms with Gasteiger partial charge in [0.15, 0.2) is 11.7 Å². The zero-order valence-electron chi connectivity index (χ0n) is 32.5. The number of furan rings is 2. The molecule has 1 aliphatic heterocycles. The molecular formula is C50H33N9O2. The number of pyridine rings is 3. The van der Waals surface area contributed by atoms with Crippen molar-refractivity contribution in [2.45, 2.75) is 6.42 Å². The van der Waals surface area contributed by atoms with Gasteiger partial charge in [-0.15, -0.1) is 10.2 Å². The average Bonchev–Trinajstić information content (AvgIpc) is 4.15. The van der Waals surface area contributed by atoms with Crippen molar-refractivity contribution in [1.29, 1.82) is 0 Å². The topological polar surface area (TPSA) is 123 Å². The van der Waals surface area contributed by atoms with E-state index in [-0.39, 0.29) is 0 Å². The lowest BCUT2D eigenvalue weighted by Crippen LogP contribution is -2.30. The summed E-state index contributed by atoms with van der Waals surface area (Å²) in [5.74, 6) is 2.93. The van der Waals surface area contributed by atoms with Crippen LogP contribution >= 0.6 is 0 Å². The largest absolute Gasteiger partial charge is 0.456 e. The number of hydrogen-bond donors (Lipinski definition) is 1. The number of benzene rings is 5. The van der Waals surface area contributed by atoms with Gasteiger partial charge in [0.1, 0.15) is 47.0 Å². The fraction of sp³-hybridized carbons (Fsp3) is 0.0400. The summed E-state index contributed by atoms with van der Waals surface area (Å²) in [7, 11) is 0. The second-order valence-electron chi connectivity index (χ2n) is 15.1. The number of anilines is 1. The van der Waals surface area contributed by atoms with Gasteiger partial charge in [0.05, 0.1) is 5.69 Å². The summed E-state index contributed by atoms with van der Waals surface area (Å²) in [6.07, 6.45) is 7.81. The van der Waals surface area contributed by atoms with Crippen molar-refractivity contribution < 1.29 is 8.83 Å². The number of hydrogen-bond acceptors (Lipinski definition) is 10. The van der Waals surface area contributed by atoms with Crippen LogP contribution in [0.4, 0.5) is 5.82 Å². The second-order valence-corrected chi connectivity index (χ2v) is 15.1. The van der Waals surface area contributed by atoms with Crippen LogP contribution in [0.2, 0.25) is 0 Å². The molecule has 0 unspecified atom stereocenters. The molecule has 0 aliphatic carbocycles. The highest BCUT2D eigenvalue weighted by atomic mass is 16.3. The summed E-state index contributed by atoms with van der Waals surface area (Å²) >= 11 is 0. The third-order valence-corrected chi connectivity index (χ3v) is 11.3. The van der Waals surface area contributed by atoms with Crippen LogP contribution < -0.4 is 10.3 Å². The maximum absolute atomic E-state index is 6.42. The molecule has 0 spiro atoms. The summed E-state index contributed by atoms with van der Waals surface area (Å²) in [5.41, 5.74) is 14.7. The molecule has 1 N–H and O–H groups in total.